The van der Waals surface area contributed by atoms with Crippen LogP contribution in [0.3, 0.4) is 0 Å². The van der Waals surface area contributed by atoms with Crippen molar-refractivity contribution in [2.75, 3.05) is 32.8 Å². The zero-order chi connectivity index (χ0) is 10.4. The van der Waals surface area contributed by atoms with Gasteiger partial charge in [-0.25, -0.2) is 0 Å². The lowest BCUT2D eigenvalue weighted by Crippen LogP contribution is -2.42. The molecular formula is C10H20N2OS. The molecule has 82 valence electrons. The van der Waals surface area contributed by atoms with Gasteiger partial charge in [0.05, 0.1) is 13.2 Å². The summed E-state index contributed by atoms with van der Waals surface area (Å²) < 4.78 is 5.46. The van der Waals surface area contributed by atoms with E-state index in [0.717, 1.165) is 44.4 Å². The molecule has 0 bridgehead atoms. The molecular weight excluding hydrogens is 196 g/mol. The Labute approximate surface area is 91.8 Å². The van der Waals surface area contributed by atoms with Crippen LogP contribution >= 0.6 is 12.2 Å². The summed E-state index contributed by atoms with van der Waals surface area (Å²) in [5.41, 5.74) is 0. The Balaban J connectivity index is 2.36. The second-order valence-electron chi connectivity index (χ2n) is 3.86. The number of nitrogens with zero attached hydrogens (tertiary/aromatic N) is 1. The predicted octanol–water partition coefficient (Wildman–Crippen LogP) is 1.24. The molecule has 0 saturated carbocycles. The summed E-state index contributed by atoms with van der Waals surface area (Å²) in [4.78, 5) is 2.21. The summed E-state index contributed by atoms with van der Waals surface area (Å²) in [5, 5.41) is 4.13. The van der Waals surface area contributed by atoms with Crippen molar-refractivity contribution >= 4 is 17.3 Å². The lowest BCUT2D eigenvalue weighted by Gasteiger charge is -2.25. The number of nitrogens with one attached hydrogen (secondary N) is 1. The minimum absolute atomic E-state index is 0.568. The maximum atomic E-state index is 5.46. The van der Waals surface area contributed by atoms with Crippen molar-refractivity contribution in [2.24, 2.45) is 5.92 Å². The van der Waals surface area contributed by atoms with E-state index < -0.39 is 0 Å². The van der Waals surface area contributed by atoms with Crippen molar-refractivity contribution in [3.05, 3.63) is 0 Å². The van der Waals surface area contributed by atoms with Gasteiger partial charge in [0.2, 0.25) is 0 Å². The number of rotatable bonds is 2. The zero-order valence-electron chi connectivity index (χ0n) is 9.08. The Morgan fingerprint density at radius 3 is 3.14 bits per heavy atom. The number of thiocarbonyl (C=S) groups is 1. The van der Waals surface area contributed by atoms with Crippen LogP contribution in [0.15, 0.2) is 0 Å². The van der Waals surface area contributed by atoms with E-state index in [1.54, 1.807) is 0 Å². The molecule has 1 heterocycles. The minimum Gasteiger partial charge on any atom is -0.379 e. The van der Waals surface area contributed by atoms with Gasteiger partial charge in [0.1, 0.15) is 0 Å². The second kappa shape index (κ2) is 6.19. The third-order valence-corrected chi connectivity index (χ3v) is 2.66. The summed E-state index contributed by atoms with van der Waals surface area (Å²) in [6.45, 7) is 8.87. The molecule has 1 fully saturated rings. The molecule has 1 unspecified atom stereocenters. The lowest BCUT2D eigenvalue weighted by atomic mass is 10.2. The Hall–Kier alpha value is -0.350. The Morgan fingerprint density at radius 2 is 2.43 bits per heavy atom. The molecule has 1 rings (SSSR count). The molecule has 1 aliphatic rings. The molecule has 0 spiro atoms. The summed E-state index contributed by atoms with van der Waals surface area (Å²) >= 11 is 5.31. The SMILES string of the molecule is CCCNC(=S)N1CCOCC(C)C1. The van der Waals surface area contributed by atoms with E-state index in [0.29, 0.717) is 5.92 Å². The molecule has 1 aliphatic heterocycles. The maximum absolute atomic E-state index is 5.46. The van der Waals surface area contributed by atoms with E-state index >= 15 is 0 Å². The normalized spacial score (nSPS) is 23.0. The molecule has 0 aliphatic carbocycles. The van der Waals surface area contributed by atoms with Crippen molar-refractivity contribution in [3.63, 3.8) is 0 Å². The number of hydrogen-bond acceptors (Lipinski definition) is 2. The van der Waals surface area contributed by atoms with Crippen LogP contribution in [0.5, 0.6) is 0 Å². The summed E-state index contributed by atoms with van der Waals surface area (Å²) in [5.74, 6) is 0.568. The van der Waals surface area contributed by atoms with Gasteiger partial charge >= 0.3 is 0 Å². The third-order valence-electron chi connectivity index (χ3n) is 2.25. The molecule has 0 aromatic heterocycles. The first-order chi connectivity index (χ1) is 6.74. The highest BCUT2D eigenvalue weighted by molar-refractivity contribution is 7.80. The Kier molecular flexibility index (Phi) is 5.19. The lowest BCUT2D eigenvalue weighted by molar-refractivity contribution is 0.127. The second-order valence-corrected chi connectivity index (χ2v) is 4.24. The highest BCUT2D eigenvalue weighted by atomic mass is 32.1. The first-order valence-electron chi connectivity index (χ1n) is 5.34. The van der Waals surface area contributed by atoms with E-state index in [4.69, 9.17) is 17.0 Å². The number of ether oxygens (including phenoxy) is 1. The van der Waals surface area contributed by atoms with Crippen LogP contribution in [-0.2, 0) is 4.74 Å². The molecule has 1 N–H and O–H groups in total. The van der Waals surface area contributed by atoms with Gasteiger partial charge in [0.15, 0.2) is 5.11 Å². The van der Waals surface area contributed by atoms with Crippen LogP contribution in [0.4, 0.5) is 0 Å². The van der Waals surface area contributed by atoms with Crippen molar-refractivity contribution in [2.45, 2.75) is 20.3 Å². The van der Waals surface area contributed by atoms with Gasteiger partial charge in [0, 0.05) is 19.6 Å². The first-order valence-corrected chi connectivity index (χ1v) is 5.75. The summed E-state index contributed by atoms with van der Waals surface area (Å²) in [6.07, 6.45) is 1.11. The summed E-state index contributed by atoms with van der Waals surface area (Å²) in [6, 6.07) is 0. The molecule has 3 nitrogen and oxygen atoms in total. The van der Waals surface area contributed by atoms with Gasteiger partial charge in [-0.2, -0.15) is 0 Å². The number of hydrogen-bond donors (Lipinski definition) is 1. The first kappa shape index (κ1) is 11.7. The van der Waals surface area contributed by atoms with Gasteiger partial charge in [-0.3, -0.25) is 0 Å². The standard InChI is InChI=1S/C10H20N2OS/c1-3-4-11-10(14)12-5-6-13-8-9(2)7-12/h9H,3-8H2,1-2H3,(H,11,14). The summed E-state index contributed by atoms with van der Waals surface area (Å²) in [7, 11) is 0. The van der Waals surface area contributed by atoms with Gasteiger partial charge in [0.25, 0.3) is 0 Å². The Morgan fingerprint density at radius 1 is 1.64 bits per heavy atom. The smallest absolute Gasteiger partial charge is 0.169 e. The average molecular weight is 216 g/mol. The molecule has 0 aromatic carbocycles. The van der Waals surface area contributed by atoms with E-state index in [1.165, 1.54) is 0 Å². The van der Waals surface area contributed by atoms with Crippen molar-refractivity contribution in [1.82, 2.24) is 10.2 Å². The molecule has 0 amide bonds. The molecule has 0 aromatic rings. The van der Waals surface area contributed by atoms with E-state index in [2.05, 4.69) is 24.1 Å². The van der Waals surface area contributed by atoms with Crippen LogP contribution in [-0.4, -0.2) is 42.9 Å². The van der Waals surface area contributed by atoms with Gasteiger partial charge in [-0.1, -0.05) is 13.8 Å². The van der Waals surface area contributed by atoms with E-state index in [9.17, 15) is 0 Å². The highest BCUT2D eigenvalue weighted by Crippen LogP contribution is 2.05. The fraction of sp³-hybridized carbons (Fsp3) is 0.900. The van der Waals surface area contributed by atoms with E-state index in [1.807, 2.05) is 0 Å². The minimum atomic E-state index is 0.568. The quantitative estimate of drug-likeness (QED) is 0.702. The van der Waals surface area contributed by atoms with E-state index in [-0.39, 0.29) is 0 Å². The average Bonchev–Trinajstić information content (AvgIpc) is 2.39. The highest BCUT2D eigenvalue weighted by Gasteiger charge is 2.16. The zero-order valence-corrected chi connectivity index (χ0v) is 9.90. The molecule has 1 atom stereocenters. The van der Waals surface area contributed by atoms with Crippen LogP contribution in [0, 0.1) is 5.92 Å². The fourth-order valence-corrected chi connectivity index (χ4v) is 1.78. The molecule has 1 saturated heterocycles. The van der Waals surface area contributed by atoms with Gasteiger partial charge < -0.3 is 15.0 Å². The monoisotopic (exact) mass is 216 g/mol. The van der Waals surface area contributed by atoms with Gasteiger partial charge in [-0.15, -0.1) is 0 Å². The van der Waals surface area contributed by atoms with Crippen molar-refractivity contribution in [3.8, 4) is 0 Å². The third kappa shape index (κ3) is 3.80. The molecule has 0 radical (unpaired) electrons. The molecule has 4 heteroatoms. The largest absolute Gasteiger partial charge is 0.379 e. The van der Waals surface area contributed by atoms with Crippen LogP contribution in [0.25, 0.3) is 0 Å². The topological polar surface area (TPSA) is 24.5 Å². The van der Waals surface area contributed by atoms with Crippen molar-refractivity contribution in [1.29, 1.82) is 0 Å². The Bertz CT molecular complexity index is 187. The predicted molar refractivity (Wildman–Crippen MR) is 62.4 cm³/mol. The van der Waals surface area contributed by atoms with Crippen LogP contribution < -0.4 is 5.32 Å². The van der Waals surface area contributed by atoms with Crippen LogP contribution in [0.2, 0.25) is 0 Å². The molecule has 14 heavy (non-hydrogen) atoms. The van der Waals surface area contributed by atoms with Crippen molar-refractivity contribution < 1.29 is 4.74 Å². The van der Waals surface area contributed by atoms with Gasteiger partial charge in [-0.05, 0) is 24.6 Å². The fourth-order valence-electron chi connectivity index (χ4n) is 1.51. The van der Waals surface area contributed by atoms with Crippen LogP contribution in [0.1, 0.15) is 20.3 Å². The maximum Gasteiger partial charge on any atom is 0.169 e.